The molecule has 0 aromatic carbocycles. The highest BCUT2D eigenvalue weighted by molar-refractivity contribution is 6.29. The smallest absolute Gasteiger partial charge is 0.207 e. The van der Waals surface area contributed by atoms with Crippen molar-refractivity contribution in [2.75, 3.05) is 12.3 Å². The van der Waals surface area contributed by atoms with Crippen molar-refractivity contribution in [1.29, 1.82) is 0 Å². The number of nitrogen functional groups attached to an aromatic ring is 1. The lowest BCUT2D eigenvalue weighted by atomic mass is 10.1. The molecule has 2 saturated heterocycles. The van der Waals surface area contributed by atoms with E-state index < -0.39 is 30.3 Å². The number of aromatic nitrogens is 4. The molecule has 0 radical (unpaired) electrons. The zero-order valence-electron chi connectivity index (χ0n) is 12.5. The lowest BCUT2D eigenvalue weighted by molar-refractivity contribution is -0.199. The van der Waals surface area contributed by atoms with Gasteiger partial charge in [0.15, 0.2) is 29.0 Å². The Bertz CT molecular complexity index is 766. The minimum Gasteiger partial charge on any atom is -0.394 e. The van der Waals surface area contributed by atoms with Gasteiger partial charge in [-0.15, -0.1) is 0 Å². The van der Waals surface area contributed by atoms with Crippen LogP contribution >= 0.6 is 11.6 Å². The highest BCUT2D eigenvalue weighted by Gasteiger charge is 2.56. The zero-order chi connectivity index (χ0) is 16.4. The number of hydrogen-bond acceptors (Lipinski definition) is 8. The van der Waals surface area contributed by atoms with Crippen LogP contribution in [0, 0.1) is 0 Å². The van der Waals surface area contributed by atoms with Gasteiger partial charge in [-0.1, -0.05) is 0 Å². The van der Waals surface area contributed by atoms with Crippen LogP contribution in [0.4, 0.5) is 5.82 Å². The molecule has 9 nitrogen and oxygen atoms in total. The Morgan fingerprint density at radius 2 is 2.09 bits per heavy atom. The van der Waals surface area contributed by atoms with E-state index in [4.69, 9.17) is 31.5 Å². The maximum absolute atomic E-state index is 9.56. The molecule has 2 fully saturated rings. The summed E-state index contributed by atoms with van der Waals surface area (Å²) in [5.74, 6) is -0.547. The summed E-state index contributed by atoms with van der Waals surface area (Å²) in [6.45, 7) is 3.42. The molecule has 2 aromatic rings. The Labute approximate surface area is 136 Å². The van der Waals surface area contributed by atoms with E-state index in [2.05, 4.69) is 15.0 Å². The number of halogens is 1. The van der Waals surface area contributed by atoms with E-state index in [1.807, 2.05) is 13.8 Å². The second-order valence-electron chi connectivity index (χ2n) is 5.99. The molecule has 4 heterocycles. The third-order valence-corrected chi connectivity index (χ3v) is 4.29. The van der Waals surface area contributed by atoms with Crippen LogP contribution in [0.1, 0.15) is 20.1 Å². The molecule has 2 aromatic heterocycles. The third-order valence-electron chi connectivity index (χ3n) is 4.02. The van der Waals surface area contributed by atoms with Gasteiger partial charge in [0, 0.05) is 0 Å². The molecule has 124 valence electrons. The Morgan fingerprint density at radius 3 is 2.83 bits per heavy atom. The number of hydrogen-bond donors (Lipinski definition) is 2. The Morgan fingerprint density at radius 1 is 1.35 bits per heavy atom. The predicted molar refractivity (Wildman–Crippen MR) is 79.6 cm³/mol. The molecule has 3 N–H and O–H groups in total. The second-order valence-corrected chi connectivity index (χ2v) is 6.33. The fourth-order valence-corrected chi connectivity index (χ4v) is 3.40. The van der Waals surface area contributed by atoms with Crippen molar-refractivity contribution in [3.63, 3.8) is 0 Å². The Kier molecular flexibility index (Phi) is 3.26. The Hall–Kier alpha value is -1.52. The van der Waals surface area contributed by atoms with Crippen LogP contribution in [0.25, 0.3) is 11.2 Å². The van der Waals surface area contributed by atoms with Gasteiger partial charge in [-0.2, -0.15) is 0 Å². The van der Waals surface area contributed by atoms with Crippen LogP contribution < -0.4 is 5.73 Å². The topological polar surface area (TPSA) is 118 Å². The van der Waals surface area contributed by atoms with Crippen LogP contribution in [-0.4, -0.2) is 55.3 Å². The summed E-state index contributed by atoms with van der Waals surface area (Å²) in [5, 5.41) is 9.72. The lowest BCUT2D eigenvalue weighted by Gasteiger charge is -2.24. The van der Waals surface area contributed by atoms with Crippen LogP contribution in [-0.2, 0) is 14.2 Å². The summed E-state index contributed by atoms with van der Waals surface area (Å²) in [6, 6.07) is 0. The number of nitrogens with zero attached hydrogens (tertiary/aromatic N) is 4. The van der Waals surface area contributed by atoms with Crippen LogP contribution in [0.15, 0.2) is 6.33 Å². The first kappa shape index (κ1) is 15.0. The molecular formula is C13H16ClN5O4. The first-order valence-corrected chi connectivity index (χ1v) is 7.55. The highest BCUT2D eigenvalue weighted by atomic mass is 35.5. The Balaban J connectivity index is 1.82. The van der Waals surface area contributed by atoms with E-state index in [0.717, 1.165) is 0 Å². The summed E-state index contributed by atoms with van der Waals surface area (Å²) in [4.78, 5) is 12.3. The molecule has 10 heteroatoms. The number of fused-ring (bicyclic) bond motifs is 2. The largest absolute Gasteiger partial charge is 0.394 e. The first-order chi connectivity index (χ1) is 10.9. The zero-order valence-corrected chi connectivity index (χ0v) is 13.3. The van der Waals surface area contributed by atoms with E-state index >= 15 is 0 Å². The molecule has 0 saturated carbocycles. The fourth-order valence-electron chi connectivity index (χ4n) is 3.14. The van der Waals surface area contributed by atoms with E-state index in [1.54, 1.807) is 4.57 Å². The van der Waals surface area contributed by atoms with E-state index in [1.165, 1.54) is 6.33 Å². The molecule has 0 aliphatic carbocycles. The normalized spacial score (nSPS) is 32.5. The number of aliphatic hydroxyl groups is 1. The first-order valence-electron chi connectivity index (χ1n) is 7.17. The molecule has 0 bridgehead atoms. The van der Waals surface area contributed by atoms with Crippen molar-refractivity contribution in [2.45, 2.75) is 44.2 Å². The number of rotatable bonds is 2. The molecule has 2 aliphatic rings. The highest BCUT2D eigenvalue weighted by Crippen LogP contribution is 2.44. The van der Waals surface area contributed by atoms with Crippen molar-refractivity contribution in [1.82, 2.24) is 19.5 Å². The van der Waals surface area contributed by atoms with E-state index in [0.29, 0.717) is 11.2 Å². The van der Waals surface area contributed by atoms with Crippen LogP contribution in [0.5, 0.6) is 0 Å². The van der Waals surface area contributed by atoms with Gasteiger partial charge >= 0.3 is 0 Å². The van der Waals surface area contributed by atoms with Crippen molar-refractivity contribution in [3.8, 4) is 0 Å². The number of anilines is 1. The van der Waals surface area contributed by atoms with Crippen molar-refractivity contribution < 1.29 is 19.3 Å². The van der Waals surface area contributed by atoms with Gasteiger partial charge < -0.3 is 25.1 Å². The van der Waals surface area contributed by atoms with Gasteiger partial charge in [-0.25, -0.2) is 15.0 Å². The lowest BCUT2D eigenvalue weighted by Crippen LogP contribution is -2.31. The summed E-state index contributed by atoms with van der Waals surface area (Å²) >= 11 is 6.26. The molecule has 1 unspecified atom stereocenters. The van der Waals surface area contributed by atoms with E-state index in [-0.39, 0.29) is 17.7 Å². The van der Waals surface area contributed by atoms with Gasteiger partial charge in [-0.3, -0.25) is 4.57 Å². The summed E-state index contributed by atoms with van der Waals surface area (Å²) in [6.07, 6.45) is -0.691. The summed E-state index contributed by atoms with van der Waals surface area (Å²) in [5.41, 5.74) is 6.65. The van der Waals surface area contributed by atoms with Crippen LogP contribution in [0.3, 0.4) is 0 Å². The minimum atomic E-state index is -0.776. The maximum atomic E-state index is 9.56. The fraction of sp³-hybridized carbons (Fsp3) is 0.615. The van der Waals surface area contributed by atoms with Gasteiger partial charge in [0.1, 0.15) is 24.6 Å². The number of nitrogens with two attached hydrogens (primary N) is 1. The molecule has 0 amide bonds. The van der Waals surface area contributed by atoms with Crippen molar-refractivity contribution >= 4 is 28.6 Å². The monoisotopic (exact) mass is 341 g/mol. The second kappa shape index (κ2) is 4.99. The average molecular weight is 342 g/mol. The maximum Gasteiger partial charge on any atom is 0.207 e. The average Bonchev–Trinajstić information content (AvgIpc) is 3.08. The minimum absolute atomic E-state index is 0.155. The standard InChI is InChI=1S/C13H16ClN5O4/c1-13(2)22-7-5(3-20)21-11(8(7)23-13)19-10-6(18-12(19)14)9(15)16-4-17-10/h4-5,7-8,11,20H,3H2,1-2H3,(H2,15,16,17)/t5-,7+,8?,11-/m1/s1. The van der Waals surface area contributed by atoms with E-state index in [9.17, 15) is 5.11 Å². The molecule has 4 rings (SSSR count). The van der Waals surface area contributed by atoms with Gasteiger partial charge in [0.05, 0.1) is 6.61 Å². The quantitative estimate of drug-likeness (QED) is 0.757. The van der Waals surface area contributed by atoms with Gasteiger partial charge in [0.2, 0.25) is 5.28 Å². The molecule has 2 aliphatic heterocycles. The van der Waals surface area contributed by atoms with Crippen molar-refractivity contribution in [2.24, 2.45) is 0 Å². The summed E-state index contributed by atoms with van der Waals surface area (Å²) in [7, 11) is 0. The number of ether oxygens (including phenoxy) is 3. The van der Waals surface area contributed by atoms with Gasteiger partial charge in [-0.05, 0) is 25.4 Å². The molecular weight excluding hydrogens is 326 g/mol. The summed E-state index contributed by atoms with van der Waals surface area (Å²) < 4.78 is 19.2. The molecule has 4 atom stereocenters. The predicted octanol–water partition coefficient (Wildman–Crippen LogP) is 0.472. The molecule has 0 spiro atoms. The molecule has 23 heavy (non-hydrogen) atoms. The SMILES string of the molecule is CC1(C)OC2[C@@H](O1)[C@@H](CO)O[C@H]2n1c(Cl)nc2c(N)ncnc21. The number of imidazole rings is 1. The van der Waals surface area contributed by atoms with Crippen LogP contribution in [0.2, 0.25) is 5.28 Å². The van der Waals surface area contributed by atoms with Crippen molar-refractivity contribution in [3.05, 3.63) is 11.6 Å². The van der Waals surface area contributed by atoms with Gasteiger partial charge in [0.25, 0.3) is 0 Å². The number of aliphatic hydroxyl groups excluding tert-OH is 1. The third kappa shape index (κ3) is 2.19.